The number of aryl methyl sites for hydroxylation is 1. The molecule has 2 aromatic rings. The van der Waals surface area contributed by atoms with Gasteiger partial charge in [-0.05, 0) is 105 Å². The van der Waals surface area contributed by atoms with E-state index in [0.29, 0.717) is 35.8 Å². The number of halogens is 3. The van der Waals surface area contributed by atoms with Crippen LogP contribution in [0.25, 0.3) is 11.1 Å². The van der Waals surface area contributed by atoms with Crippen molar-refractivity contribution in [1.82, 2.24) is 0 Å². The Hall–Kier alpha value is -2.29. The van der Waals surface area contributed by atoms with E-state index >= 15 is 4.39 Å². The van der Waals surface area contributed by atoms with Crippen LogP contribution in [0.4, 0.5) is 13.2 Å². The summed E-state index contributed by atoms with van der Waals surface area (Å²) in [7, 11) is 0. The van der Waals surface area contributed by atoms with Crippen molar-refractivity contribution in [3.8, 4) is 11.1 Å². The van der Waals surface area contributed by atoms with Crippen LogP contribution < -0.4 is 0 Å². The monoisotopic (exact) mass is 438 g/mol. The molecule has 3 heteroatoms. The van der Waals surface area contributed by atoms with Gasteiger partial charge in [-0.1, -0.05) is 42.5 Å². The average molecular weight is 439 g/mol. The SMILES string of the molecule is C=CC1CCC2CC(c3ccc(-c4ccc(CC/C=C/C)c(F)c4F)cc3F)CCC2C1. The molecule has 170 valence electrons. The van der Waals surface area contributed by atoms with E-state index < -0.39 is 11.6 Å². The van der Waals surface area contributed by atoms with Crippen LogP contribution in [0.3, 0.4) is 0 Å². The van der Waals surface area contributed by atoms with Gasteiger partial charge in [-0.25, -0.2) is 13.2 Å². The maximum absolute atomic E-state index is 15.1. The van der Waals surface area contributed by atoms with E-state index in [1.165, 1.54) is 25.3 Å². The van der Waals surface area contributed by atoms with Crippen molar-refractivity contribution in [2.75, 3.05) is 0 Å². The molecule has 2 saturated carbocycles. The number of allylic oxidation sites excluding steroid dienone is 3. The van der Waals surface area contributed by atoms with Gasteiger partial charge in [0.05, 0.1) is 0 Å². The van der Waals surface area contributed by atoms with Crippen molar-refractivity contribution < 1.29 is 13.2 Å². The third kappa shape index (κ3) is 4.72. The lowest BCUT2D eigenvalue weighted by molar-refractivity contribution is 0.132. The Morgan fingerprint density at radius 1 is 0.938 bits per heavy atom. The minimum atomic E-state index is -0.894. The van der Waals surface area contributed by atoms with Crippen molar-refractivity contribution in [3.63, 3.8) is 0 Å². The molecule has 0 N–H and O–H groups in total. The molecule has 0 nitrogen and oxygen atoms in total. The zero-order chi connectivity index (χ0) is 22.7. The summed E-state index contributed by atoms with van der Waals surface area (Å²) in [4.78, 5) is 0. The zero-order valence-electron chi connectivity index (χ0n) is 18.9. The lowest BCUT2D eigenvalue weighted by Gasteiger charge is -2.41. The van der Waals surface area contributed by atoms with Gasteiger partial charge in [0, 0.05) is 5.56 Å². The molecule has 0 radical (unpaired) electrons. The highest BCUT2D eigenvalue weighted by Crippen LogP contribution is 2.48. The molecule has 4 atom stereocenters. The first kappa shape index (κ1) is 22.9. The van der Waals surface area contributed by atoms with Crippen LogP contribution in [-0.2, 0) is 6.42 Å². The Morgan fingerprint density at radius 3 is 2.47 bits per heavy atom. The maximum atomic E-state index is 15.1. The molecule has 4 rings (SSSR count). The fourth-order valence-electron chi connectivity index (χ4n) is 5.86. The van der Waals surface area contributed by atoms with Crippen LogP contribution in [0.1, 0.15) is 68.9 Å². The summed E-state index contributed by atoms with van der Waals surface area (Å²) in [5, 5.41) is 0. The molecular formula is C29H33F3. The molecule has 0 saturated heterocycles. The number of benzene rings is 2. The predicted octanol–water partition coefficient (Wildman–Crippen LogP) is 8.77. The molecule has 2 aliphatic carbocycles. The van der Waals surface area contributed by atoms with Gasteiger partial charge in [0.1, 0.15) is 5.82 Å². The summed E-state index contributed by atoms with van der Waals surface area (Å²) in [6.45, 7) is 5.86. The summed E-state index contributed by atoms with van der Waals surface area (Å²) >= 11 is 0. The fraction of sp³-hybridized carbons (Fsp3) is 0.448. The Kier molecular flexibility index (Phi) is 7.23. The molecule has 0 aliphatic heterocycles. The third-order valence-corrected chi connectivity index (χ3v) is 7.72. The van der Waals surface area contributed by atoms with Crippen LogP contribution in [0.2, 0.25) is 0 Å². The van der Waals surface area contributed by atoms with Gasteiger partial charge in [0.25, 0.3) is 0 Å². The molecule has 2 aromatic carbocycles. The number of hydrogen-bond donors (Lipinski definition) is 0. The lowest BCUT2D eigenvalue weighted by atomic mass is 9.64. The van der Waals surface area contributed by atoms with Gasteiger partial charge in [-0.2, -0.15) is 0 Å². The summed E-state index contributed by atoms with van der Waals surface area (Å²) in [6.07, 6.45) is 13.8. The summed E-state index contributed by atoms with van der Waals surface area (Å²) < 4.78 is 44.5. The molecule has 2 fully saturated rings. The number of rotatable bonds is 6. The quantitative estimate of drug-likeness (QED) is 0.395. The molecule has 0 bridgehead atoms. The molecule has 4 unspecified atom stereocenters. The standard InChI is InChI=1S/C29H33F3/c1-3-5-6-7-20-12-15-26(29(32)28(20)31)24-13-14-25(27(30)18-24)23-11-10-21-16-19(4-2)8-9-22(21)17-23/h3-5,12-15,18-19,21-23H,2,6-11,16-17H2,1H3/b5-3+. The first-order chi connectivity index (χ1) is 15.5. The largest absolute Gasteiger partial charge is 0.207 e. The second-order valence-corrected chi connectivity index (χ2v) is 9.58. The summed E-state index contributed by atoms with van der Waals surface area (Å²) in [6, 6.07) is 8.11. The van der Waals surface area contributed by atoms with E-state index in [1.807, 2.05) is 19.1 Å². The highest BCUT2D eigenvalue weighted by molar-refractivity contribution is 5.65. The van der Waals surface area contributed by atoms with Crippen LogP contribution in [0.15, 0.2) is 55.1 Å². The van der Waals surface area contributed by atoms with Crippen molar-refractivity contribution >= 4 is 0 Å². The zero-order valence-corrected chi connectivity index (χ0v) is 18.9. The van der Waals surface area contributed by atoms with E-state index in [4.69, 9.17) is 0 Å². The van der Waals surface area contributed by atoms with Gasteiger partial charge in [-0.3, -0.25) is 0 Å². The number of hydrogen-bond acceptors (Lipinski definition) is 0. The van der Waals surface area contributed by atoms with Crippen LogP contribution in [-0.4, -0.2) is 0 Å². The average Bonchev–Trinajstić information content (AvgIpc) is 2.81. The predicted molar refractivity (Wildman–Crippen MR) is 126 cm³/mol. The molecular weight excluding hydrogens is 405 g/mol. The van der Waals surface area contributed by atoms with Crippen molar-refractivity contribution in [2.45, 2.75) is 64.2 Å². The van der Waals surface area contributed by atoms with Crippen LogP contribution in [0.5, 0.6) is 0 Å². The normalized spacial score (nSPS) is 25.6. The smallest absolute Gasteiger partial charge is 0.166 e. The highest BCUT2D eigenvalue weighted by Gasteiger charge is 2.36. The van der Waals surface area contributed by atoms with Gasteiger partial charge in [0.2, 0.25) is 0 Å². The molecule has 0 spiro atoms. The van der Waals surface area contributed by atoms with Crippen molar-refractivity contribution in [3.05, 3.63) is 83.7 Å². The van der Waals surface area contributed by atoms with E-state index in [1.54, 1.807) is 24.3 Å². The minimum Gasteiger partial charge on any atom is -0.207 e. The molecule has 0 amide bonds. The first-order valence-corrected chi connectivity index (χ1v) is 12.0. The van der Waals surface area contributed by atoms with E-state index in [-0.39, 0.29) is 17.3 Å². The van der Waals surface area contributed by atoms with Gasteiger partial charge >= 0.3 is 0 Å². The Bertz CT molecular complexity index is 990. The highest BCUT2D eigenvalue weighted by atomic mass is 19.2. The van der Waals surface area contributed by atoms with Crippen molar-refractivity contribution in [1.29, 1.82) is 0 Å². The molecule has 2 aliphatic rings. The van der Waals surface area contributed by atoms with Crippen LogP contribution in [0, 0.1) is 35.2 Å². The molecule has 32 heavy (non-hydrogen) atoms. The Balaban J connectivity index is 1.50. The lowest BCUT2D eigenvalue weighted by Crippen LogP contribution is -2.30. The second kappa shape index (κ2) is 10.1. The van der Waals surface area contributed by atoms with Gasteiger partial charge in [0.15, 0.2) is 11.6 Å². The van der Waals surface area contributed by atoms with Crippen molar-refractivity contribution in [2.24, 2.45) is 17.8 Å². The Labute approximate surface area is 190 Å². The van der Waals surface area contributed by atoms with Crippen LogP contribution >= 0.6 is 0 Å². The number of fused-ring (bicyclic) bond motifs is 1. The first-order valence-electron chi connectivity index (χ1n) is 12.0. The summed E-state index contributed by atoms with van der Waals surface area (Å²) in [5.74, 6) is 0.205. The topological polar surface area (TPSA) is 0 Å². The van der Waals surface area contributed by atoms with E-state index in [0.717, 1.165) is 30.7 Å². The van der Waals surface area contributed by atoms with E-state index in [2.05, 4.69) is 12.7 Å². The van der Waals surface area contributed by atoms with Gasteiger partial charge in [-0.15, -0.1) is 6.58 Å². The molecule has 0 heterocycles. The minimum absolute atomic E-state index is 0.120. The third-order valence-electron chi connectivity index (χ3n) is 7.72. The maximum Gasteiger partial charge on any atom is 0.166 e. The second-order valence-electron chi connectivity index (χ2n) is 9.58. The van der Waals surface area contributed by atoms with E-state index in [9.17, 15) is 8.78 Å². The fourth-order valence-corrected chi connectivity index (χ4v) is 5.86. The molecule has 0 aromatic heterocycles. The van der Waals surface area contributed by atoms with Gasteiger partial charge < -0.3 is 0 Å². The Morgan fingerprint density at radius 2 is 1.72 bits per heavy atom. The summed E-state index contributed by atoms with van der Waals surface area (Å²) in [5.41, 5.74) is 1.59.